The molecule has 1 atom stereocenters. The van der Waals surface area contributed by atoms with Gasteiger partial charge in [0.25, 0.3) is 0 Å². The number of furan rings is 1. The van der Waals surface area contributed by atoms with Gasteiger partial charge in [-0.25, -0.2) is 0 Å². The van der Waals surface area contributed by atoms with Gasteiger partial charge in [-0.1, -0.05) is 44.2 Å². The molecule has 1 aliphatic heterocycles. The van der Waals surface area contributed by atoms with Crippen molar-refractivity contribution in [3.63, 3.8) is 0 Å². The highest BCUT2D eigenvalue weighted by Crippen LogP contribution is 2.30. The van der Waals surface area contributed by atoms with Gasteiger partial charge in [0, 0.05) is 37.1 Å². The molecule has 28 heavy (non-hydrogen) atoms. The monoisotopic (exact) mass is 380 g/mol. The van der Waals surface area contributed by atoms with Crippen molar-refractivity contribution in [2.45, 2.75) is 26.4 Å². The predicted octanol–water partition coefficient (Wildman–Crippen LogP) is 3.60. The standard InChI is InChI=1S/C23H28N2O3/c1-16(2)13-25-9-10-27-19(14-25)12-24-22(26)11-18-15-28-21-8-7-17-5-3-4-6-20(17)23(18)21/h3-8,15-16,19H,9-14H2,1-2H3,(H,24,26)/t19-/m0/s1. The third kappa shape index (κ3) is 4.21. The summed E-state index contributed by atoms with van der Waals surface area (Å²) in [5.41, 5.74) is 1.75. The first-order valence-corrected chi connectivity index (χ1v) is 10.1. The Labute approximate surface area is 165 Å². The number of fused-ring (bicyclic) bond motifs is 3. The molecule has 1 N–H and O–H groups in total. The fraction of sp³-hybridized carbons (Fsp3) is 0.435. The van der Waals surface area contributed by atoms with Gasteiger partial charge < -0.3 is 14.5 Å². The van der Waals surface area contributed by atoms with Crippen LogP contribution in [0.15, 0.2) is 47.1 Å². The zero-order chi connectivity index (χ0) is 19.5. The van der Waals surface area contributed by atoms with E-state index in [-0.39, 0.29) is 12.0 Å². The molecular formula is C23H28N2O3. The van der Waals surface area contributed by atoms with Gasteiger partial charge in [-0.15, -0.1) is 0 Å². The Morgan fingerprint density at radius 2 is 2.11 bits per heavy atom. The smallest absolute Gasteiger partial charge is 0.224 e. The molecule has 5 heteroatoms. The van der Waals surface area contributed by atoms with Crippen LogP contribution in [0, 0.1) is 5.92 Å². The number of ether oxygens (including phenoxy) is 1. The molecule has 0 aliphatic carbocycles. The maximum absolute atomic E-state index is 12.6. The lowest BCUT2D eigenvalue weighted by Crippen LogP contribution is -2.48. The van der Waals surface area contributed by atoms with E-state index in [0.29, 0.717) is 18.9 Å². The van der Waals surface area contributed by atoms with E-state index in [1.165, 1.54) is 0 Å². The summed E-state index contributed by atoms with van der Waals surface area (Å²) in [5, 5.41) is 6.35. The zero-order valence-corrected chi connectivity index (χ0v) is 16.6. The van der Waals surface area contributed by atoms with Crippen molar-refractivity contribution in [3.05, 3.63) is 48.2 Å². The minimum atomic E-state index is 0.000201. The Bertz CT molecular complexity index is 963. The second-order valence-electron chi connectivity index (χ2n) is 8.05. The Morgan fingerprint density at radius 3 is 2.96 bits per heavy atom. The summed E-state index contributed by atoms with van der Waals surface area (Å²) >= 11 is 0. The fourth-order valence-corrected chi connectivity index (χ4v) is 4.05. The SMILES string of the molecule is CC(C)CN1CCO[C@@H](CNC(=O)Cc2coc3ccc4ccccc4c23)C1. The predicted molar refractivity (Wildman–Crippen MR) is 111 cm³/mol. The Morgan fingerprint density at radius 1 is 1.25 bits per heavy atom. The third-order valence-electron chi connectivity index (χ3n) is 5.26. The maximum Gasteiger partial charge on any atom is 0.224 e. The summed E-state index contributed by atoms with van der Waals surface area (Å²) in [4.78, 5) is 15.0. The molecule has 0 unspecified atom stereocenters. The zero-order valence-electron chi connectivity index (χ0n) is 16.6. The van der Waals surface area contributed by atoms with Crippen LogP contribution in [0.1, 0.15) is 19.4 Å². The second kappa shape index (κ2) is 8.33. The minimum absolute atomic E-state index is 0.000201. The van der Waals surface area contributed by atoms with Crippen molar-refractivity contribution in [2.24, 2.45) is 5.92 Å². The highest BCUT2D eigenvalue weighted by Gasteiger charge is 2.22. The summed E-state index contributed by atoms with van der Waals surface area (Å²) in [6.07, 6.45) is 2.07. The molecule has 2 heterocycles. The number of hydrogen-bond donors (Lipinski definition) is 1. The van der Waals surface area contributed by atoms with Gasteiger partial charge in [0.05, 0.1) is 25.4 Å². The highest BCUT2D eigenvalue weighted by atomic mass is 16.5. The average molecular weight is 380 g/mol. The molecule has 0 spiro atoms. The largest absolute Gasteiger partial charge is 0.464 e. The lowest BCUT2D eigenvalue weighted by molar-refractivity contribution is -0.121. The van der Waals surface area contributed by atoms with E-state index in [9.17, 15) is 4.79 Å². The number of benzene rings is 2. The van der Waals surface area contributed by atoms with Crippen molar-refractivity contribution in [3.8, 4) is 0 Å². The van der Waals surface area contributed by atoms with E-state index >= 15 is 0 Å². The van der Waals surface area contributed by atoms with Gasteiger partial charge >= 0.3 is 0 Å². The van der Waals surface area contributed by atoms with Crippen LogP contribution in [0.25, 0.3) is 21.7 Å². The third-order valence-corrected chi connectivity index (χ3v) is 5.26. The van der Waals surface area contributed by atoms with Gasteiger partial charge in [-0.3, -0.25) is 9.69 Å². The van der Waals surface area contributed by atoms with Crippen molar-refractivity contribution in [1.82, 2.24) is 10.2 Å². The van der Waals surface area contributed by atoms with Crippen LogP contribution in [0.2, 0.25) is 0 Å². The first kappa shape index (κ1) is 19.0. The molecule has 0 radical (unpaired) electrons. The number of carbonyl (C=O) groups excluding carboxylic acids is 1. The van der Waals surface area contributed by atoms with Crippen molar-refractivity contribution in [2.75, 3.05) is 32.8 Å². The summed E-state index contributed by atoms with van der Waals surface area (Å²) < 4.78 is 11.5. The molecule has 0 bridgehead atoms. The first-order valence-electron chi connectivity index (χ1n) is 10.1. The molecule has 5 nitrogen and oxygen atoms in total. The lowest BCUT2D eigenvalue weighted by atomic mass is 10.0. The van der Waals surface area contributed by atoms with Crippen molar-refractivity contribution in [1.29, 1.82) is 0 Å². The quantitative estimate of drug-likeness (QED) is 0.710. The topological polar surface area (TPSA) is 54.7 Å². The van der Waals surface area contributed by atoms with Crippen LogP contribution in [0.5, 0.6) is 0 Å². The van der Waals surface area contributed by atoms with E-state index < -0.39 is 0 Å². The molecule has 1 amide bonds. The molecule has 1 fully saturated rings. The Hall–Kier alpha value is -2.37. The van der Waals surface area contributed by atoms with Crippen LogP contribution in [-0.2, 0) is 16.0 Å². The number of amides is 1. The molecule has 148 valence electrons. The molecule has 2 aromatic carbocycles. The van der Waals surface area contributed by atoms with Crippen LogP contribution < -0.4 is 5.32 Å². The number of morpholine rings is 1. The molecule has 3 aromatic rings. The van der Waals surface area contributed by atoms with Gasteiger partial charge in [-0.05, 0) is 22.8 Å². The summed E-state index contributed by atoms with van der Waals surface area (Å²) in [5.74, 6) is 0.637. The summed E-state index contributed by atoms with van der Waals surface area (Å²) in [6.45, 7) is 8.64. The maximum atomic E-state index is 12.6. The van der Waals surface area contributed by atoms with Gasteiger partial charge in [0.1, 0.15) is 5.58 Å². The van der Waals surface area contributed by atoms with E-state index in [1.54, 1.807) is 6.26 Å². The highest BCUT2D eigenvalue weighted by molar-refractivity contribution is 6.08. The van der Waals surface area contributed by atoms with E-state index in [4.69, 9.17) is 9.15 Å². The van der Waals surface area contributed by atoms with Crippen LogP contribution in [-0.4, -0.2) is 49.7 Å². The minimum Gasteiger partial charge on any atom is -0.464 e. The van der Waals surface area contributed by atoms with Gasteiger partial charge in [0.2, 0.25) is 5.91 Å². The van der Waals surface area contributed by atoms with Crippen molar-refractivity contribution < 1.29 is 13.9 Å². The van der Waals surface area contributed by atoms with E-state index in [2.05, 4.69) is 36.2 Å². The molecule has 1 aromatic heterocycles. The van der Waals surface area contributed by atoms with Crippen molar-refractivity contribution >= 4 is 27.6 Å². The summed E-state index contributed by atoms with van der Waals surface area (Å²) in [7, 11) is 0. The first-order chi connectivity index (χ1) is 13.6. The molecule has 4 rings (SSSR count). The molecule has 1 aliphatic rings. The average Bonchev–Trinajstić information content (AvgIpc) is 3.09. The molecular weight excluding hydrogens is 352 g/mol. The molecule has 1 saturated heterocycles. The second-order valence-corrected chi connectivity index (χ2v) is 8.05. The van der Waals surface area contributed by atoms with Crippen LogP contribution in [0.4, 0.5) is 0 Å². The summed E-state index contributed by atoms with van der Waals surface area (Å²) in [6, 6.07) is 12.2. The van der Waals surface area contributed by atoms with Crippen LogP contribution >= 0.6 is 0 Å². The van der Waals surface area contributed by atoms with Gasteiger partial charge in [-0.2, -0.15) is 0 Å². The number of rotatable bonds is 6. The Kier molecular flexibility index (Phi) is 5.64. The number of carbonyl (C=O) groups is 1. The van der Waals surface area contributed by atoms with E-state index in [1.807, 2.05) is 24.3 Å². The Balaban J connectivity index is 1.40. The normalized spacial score (nSPS) is 18.2. The fourth-order valence-electron chi connectivity index (χ4n) is 4.05. The van der Waals surface area contributed by atoms with E-state index in [0.717, 1.165) is 53.5 Å². The number of hydrogen-bond acceptors (Lipinski definition) is 4. The molecule has 0 saturated carbocycles. The van der Waals surface area contributed by atoms with Crippen LogP contribution in [0.3, 0.4) is 0 Å². The lowest BCUT2D eigenvalue weighted by Gasteiger charge is -2.33. The van der Waals surface area contributed by atoms with Gasteiger partial charge in [0.15, 0.2) is 0 Å². The number of nitrogens with zero attached hydrogens (tertiary/aromatic N) is 1. The number of nitrogens with one attached hydrogen (secondary N) is 1.